The van der Waals surface area contributed by atoms with Crippen molar-refractivity contribution in [2.24, 2.45) is 4.99 Å². The Bertz CT molecular complexity index is 1660. The second-order valence-electron chi connectivity index (χ2n) is 9.96. The van der Waals surface area contributed by atoms with Crippen molar-refractivity contribution in [3.05, 3.63) is 77.7 Å². The van der Waals surface area contributed by atoms with Gasteiger partial charge in [-0.3, -0.25) is 9.36 Å². The van der Waals surface area contributed by atoms with E-state index in [1.54, 1.807) is 31.6 Å². The van der Waals surface area contributed by atoms with E-state index in [4.69, 9.17) is 18.9 Å². The van der Waals surface area contributed by atoms with E-state index in [1.807, 2.05) is 18.2 Å². The van der Waals surface area contributed by atoms with Gasteiger partial charge in [0.15, 0.2) is 16.3 Å². The van der Waals surface area contributed by atoms with Gasteiger partial charge in [-0.15, -0.1) is 0 Å². The van der Waals surface area contributed by atoms with Gasteiger partial charge in [-0.25, -0.2) is 9.79 Å². The fraction of sp³-hybridized carbons (Fsp3) is 0.433. The van der Waals surface area contributed by atoms with Crippen LogP contribution in [0.4, 0.5) is 0 Å². The first-order valence-electron chi connectivity index (χ1n) is 13.5. The minimum absolute atomic E-state index is 0.198. The van der Waals surface area contributed by atoms with Gasteiger partial charge in [0.1, 0.15) is 6.04 Å². The molecule has 0 bridgehead atoms. The van der Waals surface area contributed by atoms with Crippen LogP contribution >= 0.6 is 11.3 Å². The number of hydrogen-bond acceptors (Lipinski definition) is 8. The average molecular weight is 566 g/mol. The van der Waals surface area contributed by atoms with Gasteiger partial charge in [0, 0.05) is 30.1 Å². The number of methoxy groups -OCH3 is 2. The summed E-state index contributed by atoms with van der Waals surface area (Å²) in [6, 6.07) is 6.72. The van der Waals surface area contributed by atoms with Crippen LogP contribution in [0.25, 0.3) is 6.08 Å². The number of esters is 1. The molecule has 0 N–H and O–H groups in total. The highest BCUT2D eigenvalue weighted by molar-refractivity contribution is 7.07. The molecule has 2 atom stereocenters. The summed E-state index contributed by atoms with van der Waals surface area (Å²) in [5.41, 5.74) is 4.33. The molecule has 40 heavy (non-hydrogen) atoms. The van der Waals surface area contributed by atoms with E-state index in [2.05, 4.69) is 29.5 Å². The Balaban J connectivity index is 1.68. The van der Waals surface area contributed by atoms with Crippen LogP contribution in [-0.2, 0) is 20.8 Å². The molecule has 212 valence electrons. The lowest BCUT2D eigenvalue weighted by Crippen LogP contribution is -2.40. The van der Waals surface area contributed by atoms with Crippen molar-refractivity contribution in [3.63, 3.8) is 0 Å². The molecule has 2 aromatic heterocycles. The predicted octanol–water partition coefficient (Wildman–Crippen LogP) is 3.41. The molecule has 5 rings (SSSR count). The third-order valence-electron chi connectivity index (χ3n) is 7.55. The lowest BCUT2D eigenvalue weighted by Gasteiger charge is -2.26. The second kappa shape index (κ2) is 11.5. The molecular formula is C30H35N3O6S. The van der Waals surface area contributed by atoms with Crippen LogP contribution in [0.15, 0.2) is 45.3 Å². The molecule has 0 amide bonds. The molecule has 0 spiro atoms. The molecule has 2 aliphatic heterocycles. The second-order valence-corrected chi connectivity index (χ2v) is 11.0. The first-order valence-corrected chi connectivity index (χ1v) is 14.3. The average Bonchev–Trinajstić information content (AvgIpc) is 3.63. The van der Waals surface area contributed by atoms with E-state index in [0.29, 0.717) is 37.7 Å². The summed E-state index contributed by atoms with van der Waals surface area (Å²) >= 11 is 1.30. The van der Waals surface area contributed by atoms with Crippen molar-refractivity contribution < 1.29 is 23.7 Å². The molecule has 0 saturated carbocycles. The van der Waals surface area contributed by atoms with Gasteiger partial charge in [-0.05, 0) is 64.3 Å². The standard InChI is InChI=1S/C30H35N3O6S/c1-7-38-29(35)25-18(3)31-30-33(26(25)22-11-8-12-23(36-5)27(22)37-6)28(34)24(40-30)15-20-14-17(2)32(19(20)4)16-21-10-9-13-39-21/h8,11-12,14-15,21,26H,7,9-10,13,16H2,1-6H3/b24-15-/t21-,26+/m1/s1. The van der Waals surface area contributed by atoms with Gasteiger partial charge in [-0.1, -0.05) is 23.5 Å². The van der Waals surface area contributed by atoms with Crippen LogP contribution in [0, 0.1) is 13.8 Å². The number of fused-ring (bicyclic) bond motifs is 1. The number of hydrogen-bond donors (Lipinski definition) is 0. The minimum Gasteiger partial charge on any atom is -0.493 e. The first kappa shape index (κ1) is 27.9. The number of aromatic nitrogens is 2. The molecule has 0 unspecified atom stereocenters. The van der Waals surface area contributed by atoms with Crippen molar-refractivity contribution in [3.8, 4) is 11.5 Å². The van der Waals surface area contributed by atoms with Crippen molar-refractivity contribution in [2.45, 2.75) is 59.2 Å². The van der Waals surface area contributed by atoms with Crippen LogP contribution < -0.4 is 24.4 Å². The fourth-order valence-electron chi connectivity index (χ4n) is 5.60. The SMILES string of the molecule is CCOC(=O)C1=C(C)N=c2s/c(=C\c3cc(C)n(C[C@H]4CCCO4)c3C)c(=O)n2[C@H]1c1cccc(OC)c1OC. The Labute approximate surface area is 237 Å². The summed E-state index contributed by atoms with van der Waals surface area (Å²) in [4.78, 5) is 32.5. The normalized spacial score (nSPS) is 19.0. The Morgan fingerprint density at radius 2 is 2.02 bits per heavy atom. The minimum atomic E-state index is -0.797. The summed E-state index contributed by atoms with van der Waals surface area (Å²) < 4.78 is 26.9. The summed E-state index contributed by atoms with van der Waals surface area (Å²) in [6.45, 7) is 9.46. The van der Waals surface area contributed by atoms with Crippen LogP contribution in [-0.4, -0.2) is 48.6 Å². The number of allylic oxidation sites excluding steroid dienone is 1. The van der Waals surface area contributed by atoms with Gasteiger partial charge in [0.05, 0.1) is 42.7 Å². The molecule has 10 heteroatoms. The number of carbonyl (C=O) groups is 1. The van der Waals surface area contributed by atoms with E-state index < -0.39 is 12.0 Å². The highest BCUT2D eigenvalue weighted by Crippen LogP contribution is 2.40. The Hall–Kier alpha value is -3.63. The Morgan fingerprint density at radius 1 is 1.23 bits per heavy atom. The Morgan fingerprint density at radius 3 is 2.70 bits per heavy atom. The van der Waals surface area contributed by atoms with Gasteiger partial charge in [-0.2, -0.15) is 0 Å². The lowest BCUT2D eigenvalue weighted by atomic mass is 9.94. The maximum atomic E-state index is 14.1. The van der Waals surface area contributed by atoms with Gasteiger partial charge >= 0.3 is 5.97 Å². The molecule has 0 radical (unpaired) electrons. The van der Waals surface area contributed by atoms with E-state index in [0.717, 1.165) is 42.9 Å². The number of benzene rings is 1. The molecule has 1 aromatic carbocycles. The third-order valence-corrected chi connectivity index (χ3v) is 8.54. The highest BCUT2D eigenvalue weighted by atomic mass is 32.1. The zero-order valence-electron chi connectivity index (χ0n) is 23.8. The number of para-hydroxylation sites is 1. The first-order chi connectivity index (χ1) is 19.3. The zero-order chi connectivity index (χ0) is 28.6. The third kappa shape index (κ3) is 4.90. The highest BCUT2D eigenvalue weighted by Gasteiger charge is 2.36. The molecule has 4 heterocycles. The fourth-order valence-corrected chi connectivity index (χ4v) is 6.64. The number of aryl methyl sites for hydroxylation is 1. The van der Waals surface area contributed by atoms with Crippen molar-refractivity contribution in [1.29, 1.82) is 0 Å². The topological polar surface area (TPSA) is 93.3 Å². The molecule has 0 aliphatic carbocycles. The molecule has 1 fully saturated rings. The smallest absolute Gasteiger partial charge is 0.338 e. The van der Waals surface area contributed by atoms with Crippen molar-refractivity contribution >= 4 is 23.4 Å². The molecule has 2 aliphatic rings. The van der Waals surface area contributed by atoms with Gasteiger partial charge < -0.3 is 23.5 Å². The molecule has 1 saturated heterocycles. The summed E-state index contributed by atoms with van der Waals surface area (Å²) in [5.74, 6) is 0.419. The maximum absolute atomic E-state index is 14.1. The monoisotopic (exact) mass is 565 g/mol. The molecule has 3 aromatic rings. The molecule has 9 nitrogen and oxygen atoms in total. The summed E-state index contributed by atoms with van der Waals surface area (Å²) in [6.07, 6.45) is 4.28. The van der Waals surface area contributed by atoms with Crippen molar-refractivity contribution in [1.82, 2.24) is 9.13 Å². The summed E-state index contributed by atoms with van der Waals surface area (Å²) in [7, 11) is 3.09. The number of thiazole rings is 1. The van der Waals surface area contributed by atoms with E-state index >= 15 is 0 Å². The van der Waals surface area contributed by atoms with E-state index in [1.165, 1.54) is 18.4 Å². The number of ether oxygens (including phenoxy) is 4. The van der Waals surface area contributed by atoms with Crippen LogP contribution in [0.2, 0.25) is 0 Å². The summed E-state index contributed by atoms with van der Waals surface area (Å²) in [5, 5.41) is 0. The van der Waals surface area contributed by atoms with Crippen LogP contribution in [0.1, 0.15) is 55.2 Å². The van der Waals surface area contributed by atoms with E-state index in [-0.39, 0.29) is 18.3 Å². The predicted molar refractivity (Wildman–Crippen MR) is 153 cm³/mol. The van der Waals surface area contributed by atoms with Crippen molar-refractivity contribution in [2.75, 3.05) is 27.4 Å². The zero-order valence-corrected chi connectivity index (χ0v) is 24.6. The van der Waals surface area contributed by atoms with Gasteiger partial charge in [0.2, 0.25) is 0 Å². The number of rotatable bonds is 8. The van der Waals surface area contributed by atoms with Crippen LogP contribution in [0.3, 0.4) is 0 Å². The van der Waals surface area contributed by atoms with E-state index in [9.17, 15) is 9.59 Å². The largest absolute Gasteiger partial charge is 0.493 e. The number of carbonyl (C=O) groups excluding carboxylic acids is 1. The maximum Gasteiger partial charge on any atom is 0.338 e. The van der Waals surface area contributed by atoms with Crippen LogP contribution in [0.5, 0.6) is 11.5 Å². The number of nitrogens with zero attached hydrogens (tertiary/aromatic N) is 3. The van der Waals surface area contributed by atoms with Gasteiger partial charge in [0.25, 0.3) is 5.56 Å². The quantitative estimate of drug-likeness (QED) is 0.389. The molecular weight excluding hydrogens is 530 g/mol. The lowest BCUT2D eigenvalue weighted by molar-refractivity contribution is -0.139. The Kier molecular flexibility index (Phi) is 8.00.